The molecule has 2 rings (SSSR count). The number of carbonyl (C=O) groups is 1. The largest absolute Gasteiger partial charge is 0.348 e. The van der Waals surface area contributed by atoms with Gasteiger partial charge in [0.2, 0.25) is 0 Å². The Bertz CT molecular complexity index is 491. The Labute approximate surface area is 117 Å². The maximum atomic E-state index is 12.3. The fourth-order valence-corrected chi connectivity index (χ4v) is 3.24. The van der Waals surface area contributed by atoms with Gasteiger partial charge in [0, 0.05) is 10.5 Å². The molecule has 0 spiro atoms. The molecule has 1 aromatic carbocycles. The van der Waals surface area contributed by atoms with Gasteiger partial charge in [0.15, 0.2) is 0 Å². The van der Waals surface area contributed by atoms with Crippen LogP contribution in [-0.2, 0) is 0 Å². The summed E-state index contributed by atoms with van der Waals surface area (Å²) < 4.78 is 0.858. The zero-order valence-electron chi connectivity index (χ0n) is 11.6. The molecule has 1 fully saturated rings. The Kier molecular flexibility index (Phi) is 3.09. The summed E-state index contributed by atoms with van der Waals surface area (Å²) in [4.78, 5) is 12.3. The van der Waals surface area contributed by atoms with Crippen molar-refractivity contribution < 1.29 is 4.79 Å². The summed E-state index contributed by atoms with van der Waals surface area (Å²) in [6.45, 7) is 10.8. The van der Waals surface area contributed by atoms with E-state index in [0.29, 0.717) is 5.56 Å². The second kappa shape index (κ2) is 4.09. The molecule has 0 unspecified atom stereocenters. The zero-order valence-corrected chi connectivity index (χ0v) is 13.2. The molecule has 0 bridgehead atoms. The van der Waals surface area contributed by atoms with E-state index in [4.69, 9.17) is 0 Å². The summed E-state index contributed by atoms with van der Waals surface area (Å²) in [6, 6.07) is 6.05. The summed E-state index contributed by atoms with van der Waals surface area (Å²) in [5.41, 5.74) is 2.18. The van der Waals surface area contributed by atoms with Crippen LogP contribution in [0.3, 0.4) is 0 Å². The number of benzene rings is 1. The van der Waals surface area contributed by atoms with Gasteiger partial charge in [-0.3, -0.25) is 4.79 Å². The normalized spacial score (nSPS) is 20.6. The van der Waals surface area contributed by atoms with Crippen molar-refractivity contribution >= 4 is 21.8 Å². The van der Waals surface area contributed by atoms with Crippen molar-refractivity contribution in [3.05, 3.63) is 33.8 Å². The summed E-state index contributed by atoms with van der Waals surface area (Å²) >= 11 is 3.45. The lowest BCUT2D eigenvalue weighted by molar-refractivity contribution is 0.0943. The van der Waals surface area contributed by atoms with Crippen LogP contribution in [0.2, 0.25) is 0 Å². The number of hydrogen-bond acceptors (Lipinski definition) is 1. The van der Waals surface area contributed by atoms with Crippen molar-refractivity contribution in [1.82, 2.24) is 5.32 Å². The highest BCUT2D eigenvalue weighted by molar-refractivity contribution is 9.10. The zero-order chi connectivity index (χ0) is 13.7. The van der Waals surface area contributed by atoms with E-state index in [0.717, 1.165) is 10.0 Å². The van der Waals surface area contributed by atoms with Crippen LogP contribution in [0.1, 0.15) is 43.6 Å². The van der Waals surface area contributed by atoms with Gasteiger partial charge in [-0.2, -0.15) is 0 Å². The third-order valence-electron chi connectivity index (χ3n) is 4.67. The number of nitrogens with one attached hydrogen (secondary N) is 1. The molecule has 0 aromatic heterocycles. The molecule has 0 saturated heterocycles. The molecule has 0 aliphatic heterocycles. The van der Waals surface area contributed by atoms with Crippen LogP contribution in [0.4, 0.5) is 0 Å². The molecule has 0 heterocycles. The number of halogens is 1. The fourth-order valence-electron chi connectivity index (χ4n) is 2.57. The van der Waals surface area contributed by atoms with Gasteiger partial charge in [-0.1, -0.05) is 33.8 Å². The first-order valence-electron chi connectivity index (χ1n) is 6.25. The predicted molar refractivity (Wildman–Crippen MR) is 77.7 cm³/mol. The average molecular weight is 310 g/mol. The number of rotatable bonds is 2. The van der Waals surface area contributed by atoms with Gasteiger partial charge in [0.05, 0.1) is 5.56 Å². The van der Waals surface area contributed by atoms with E-state index in [1.165, 1.54) is 0 Å². The minimum absolute atomic E-state index is 0.00512. The Morgan fingerprint density at radius 3 is 2.22 bits per heavy atom. The Morgan fingerprint density at radius 1 is 1.22 bits per heavy atom. The van der Waals surface area contributed by atoms with Crippen molar-refractivity contribution in [3.8, 4) is 0 Å². The Morgan fingerprint density at radius 2 is 1.78 bits per heavy atom. The van der Waals surface area contributed by atoms with E-state index in [1.54, 1.807) is 0 Å². The lowest BCUT2D eigenvalue weighted by Crippen LogP contribution is -2.30. The highest BCUT2D eigenvalue weighted by Crippen LogP contribution is 2.62. The van der Waals surface area contributed by atoms with Crippen LogP contribution < -0.4 is 5.32 Å². The van der Waals surface area contributed by atoms with Gasteiger partial charge in [0.1, 0.15) is 0 Å². The van der Waals surface area contributed by atoms with Crippen LogP contribution >= 0.6 is 15.9 Å². The third kappa shape index (κ3) is 1.99. The van der Waals surface area contributed by atoms with Gasteiger partial charge >= 0.3 is 0 Å². The predicted octanol–water partition coefficient (Wildman–Crippen LogP) is 3.92. The van der Waals surface area contributed by atoms with Crippen LogP contribution in [0.15, 0.2) is 22.7 Å². The first-order chi connectivity index (χ1) is 8.18. The van der Waals surface area contributed by atoms with Crippen LogP contribution in [-0.4, -0.2) is 11.9 Å². The van der Waals surface area contributed by atoms with Gasteiger partial charge in [0.25, 0.3) is 5.91 Å². The quantitative estimate of drug-likeness (QED) is 0.881. The van der Waals surface area contributed by atoms with Crippen LogP contribution in [0, 0.1) is 17.8 Å². The molecule has 1 amide bonds. The van der Waals surface area contributed by atoms with Gasteiger partial charge in [-0.15, -0.1) is 0 Å². The minimum Gasteiger partial charge on any atom is -0.348 e. The molecule has 18 heavy (non-hydrogen) atoms. The van der Waals surface area contributed by atoms with Crippen LogP contribution in [0.25, 0.3) is 0 Å². The van der Waals surface area contributed by atoms with E-state index in [-0.39, 0.29) is 22.8 Å². The first kappa shape index (κ1) is 13.6. The van der Waals surface area contributed by atoms with E-state index >= 15 is 0 Å². The molecule has 0 atom stereocenters. The number of carbonyl (C=O) groups excluding carboxylic acids is 1. The molecule has 3 heteroatoms. The Balaban J connectivity index is 2.15. The minimum atomic E-state index is 0.00512. The molecule has 1 N–H and O–H groups in total. The summed E-state index contributed by atoms with van der Waals surface area (Å²) in [5, 5.41) is 3.14. The molecule has 0 radical (unpaired) electrons. The first-order valence-corrected chi connectivity index (χ1v) is 7.04. The topological polar surface area (TPSA) is 29.1 Å². The smallest absolute Gasteiger partial charge is 0.252 e. The highest BCUT2D eigenvalue weighted by Gasteiger charge is 2.65. The molecule has 1 aliphatic carbocycles. The van der Waals surface area contributed by atoms with E-state index in [9.17, 15) is 4.79 Å². The van der Waals surface area contributed by atoms with Crippen molar-refractivity contribution in [1.29, 1.82) is 0 Å². The van der Waals surface area contributed by atoms with Gasteiger partial charge in [-0.25, -0.2) is 0 Å². The number of aryl methyl sites for hydroxylation is 1. The van der Waals surface area contributed by atoms with Gasteiger partial charge < -0.3 is 5.32 Å². The van der Waals surface area contributed by atoms with Crippen molar-refractivity contribution in [2.75, 3.05) is 0 Å². The lowest BCUT2D eigenvalue weighted by atomic mass is 10.0. The van der Waals surface area contributed by atoms with E-state index in [2.05, 4.69) is 48.9 Å². The maximum absolute atomic E-state index is 12.3. The molecule has 98 valence electrons. The molecule has 1 aliphatic rings. The Hall–Kier alpha value is -0.830. The highest BCUT2D eigenvalue weighted by atomic mass is 79.9. The maximum Gasteiger partial charge on any atom is 0.252 e. The average Bonchev–Trinajstić information content (AvgIpc) is 2.60. The van der Waals surface area contributed by atoms with Crippen LogP contribution in [0.5, 0.6) is 0 Å². The monoisotopic (exact) mass is 309 g/mol. The van der Waals surface area contributed by atoms with Crippen molar-refractivity contribution in [2.24, 2.45) is 10.8 Å². The van der Waals surface area contributed by atoms with Crippen molar-refractivity contribution in [3.63, 3.8) is 0 Å². The number of amides is 1. The molecular formula is C15H20BrNO. The fraction of sp³-hybridized carbons (Fsp3) is 0.533. The molecule has 1 aromatic rings. The SMILES string of the molecule is Cc1ccc(C(=O)NC2C(C)(C)C2(C)C)c(Br)c1. The second-order valence-electron chi connectivity index (χ2n) is 6.33. The summed E-state index contributed by atoms with van der Waals surface area (Å²) in [5.74, 6) is 0.00512. The van der Waals surface area contributed by atoms with Crippen molar-refractivity contribution in [2.45, 2.75) is 40.7 Å². The molecule has 2 nitrogen and oxygen atoms in total. The molecule has 1 saturated carbocycles. The summed E-state index contributed by atoms with van der Waals surface area (Å²) in [6.07, 6.45) is 0. The third-order valence-corrected chi connectivity index (χ3v) is 5.32. The van der Waals surface area contributed by atoms with E-state index in [1.807, 2.05) is 25.1 Å². The number of hydrogen-bond donors (Lipinski definition) is 1. The molecular weight excluding hydrogens is 290 g/mol. The second-order valence-corrected chi connectivity index (χ2v) is 7.19. The standard InChI is InChI=1S/C15H20BrNO/c1-9-6-7-10(11(16)8-9)12(18)17-13-14(2,3)15(13,4)5/h6-8,13H,1-5H3,(H,17,18). The lowest BCUT2D eigenvalue weighted by Gasteiger charge is -2.09. The summed E-state index contributed by atoms with van der Waals surface area (Å²) in [7, 11) is 0. The van der Waals surface area contributed by atoms with Gasteiger partial charge in [-0.05, 0) is 51.4 Å². The van der Waals surface area contributed by atoms with E-state index < -0.39 is 0 Å².